The van der Waals surface area contributed by atoms with Crippen LogP contribution in [0.15, 0.2) is 41.8 Å². The summed E-state index contributed by atoms with van der Waals surface area (Å²) in [5, 5.41) is 11.7. The predicted molar refractivity (Wildman–Crippen MR) is 132 cm³/mol. The van der Waals surface area contributed by atoms with Crippen molar-refractivity contribution in [1.82, 2.24) is 0 Å². The van der Waals surface area contributed by atoms with E-state index in [9.17, 15) is 14.7 Å². The molecule has 6 unspecified atom stereocenters. The van der Waals surface area contributed by atoms with Gasteiger partial charge < -0.3 is 15.6 Å². The summed E-state index contributed by atoms with van der Waals surface area (Å²) in [7, 11) is 0. The number of para-hydroxylation sites is 1. The van der Waals surface area contributed by atoms with Gasteiger partial charge in [0.2, 0.25) is 0 Å². The molecule has 6 heteroatoms. The molecule has 3 aliphatic rings. The molecule has 3 aliphatic carbocycles. The molecule has 5 nitrogen and oxygen atoms in total. The second kappa shape index (κ2) is 8.46. The Labute approximate surface area is 201 Å². The Morgan fingerprint density at radius 2 is 2.00 bits per heavy atom. The van der Waals surface area contributed by atoms with Crippen molar-refractivity contribution in [2.24, 2.45) is 34.0 Å². The normalized spacial score (nSPS) is 42.3. The molecule has 3 fully saturated rings. The Morgan fingerprint density at radius 1 is 1.30 bits per heavy atom. The molecule has 33 heavy (non-hydrogen) atoms. The lowest BCUT2D eigenvalue weighted by Crippen LogP contribution is -2.58. The third kappa shape index (κ3) is 3.47. The number of aliphatic hydroxyl groups is 1. The third-order valence-electron chi connectivity index (χ3n) is 9.56. The maximum Gasteiger partial charge on any atom is 0.316 e. The first-order valence-electron chi connectivity index (χ1n) is 12.0. The third-order valence-corrected chi connectivity index (χ3v) is 10.6. The molecule has 0 heterocycles. The van der Waals surface area contributed by atoms with Crippen LogP contribution >= 0.6 is 11.8 Å². The van der Waals surface area contributed by atoms with Gasteiger partial charge in [-0.1, -0.05) is 45.9 Å². The van der Waals surface area contributed by atoms with Gasteiger partial charge in [0.15, 0.2) is 0 Å². The lowest BCUT2D eigenvalue weighted by Gasteiger charge is -2.56. The molecule has 1 aromatic carbocycles. The highest BCUT2D eigenvalue weighted by Gasteiger charge is 2.71. The molecule has 2 bridgehead atoms. The number of carbonyl (C=O) groups is 2. The van der Waals surface area contributed by atoms with E-state index in [1.807, 2.05) is 31.2 Å². The molecule has 180 valence electrons. The van der Waals surface area contributed by atoms with E-state index in [1.165, 1.54) is 11.8 Å². The number of ketones is 1. The standard InChI is InChI=1S/C27H37NO4S/c1-6-25(4)23(31)17(3)27-13-11-16(2)26(5,22(27)19(29)12-14-27)24(25)32-21(30)15-33-20-10-8-7-9-18(20)28/h6-10,16-17,22-24,31H,1,11-15,28H2,2-5H3/t16?,17?,22?,23-,24?,25?,26?,27-/m0/s1. The minimum absolute atomic E-state index is 0.0917. The highest BCUT2D eigenvalue weighted by atomic mass is 32.2. The van der Waals surface area contributed by atoms with Gasteiger partial charge in [0.1, 0.15) is 11.9 Å². The summed E-state index contributed by atoms with van der Waals surface area (Å²) in [5.74, 6) is -0.147. The summed E-state index contributed by atoms with van der Waals surface area (Å²) in [4.78, 5) is 27.4. The van der Waals surface area contributed by atoms with Crippen LogP contribution in [0.25, 0.3) is 0 Å². The fourth-order valence-corrected chi connectivity index (χ4v) is 8.23. The Hall–Kier alpha value is -1.79. The van der Waals surface area contributed by atoms with Crippen molar-refractivity contribution < 1.29 is 19.4 Å². The Kier molecular flexibility index (Phi) is 6.24. The molecular formula is C27H37NO4S. The van der Waals surface area contributed by atoms with Crippen LogP contribution in [0.3, 0.4) is 0 Å². The highest BCUT2D eigenvalue weighted by molar-refractivity contribution is 8.00. The second-order valence-electron chi connectivity index (χ2n) is 10.9. The Bertz CT molecular complexity index is 965. The van der Waals surface area contributed by atoms with Gasteiger partial charge in [0.05, 0.1) is 11.9 Å². The average Bonchev–Trinajstić information content (AvgIpc) is 3.15. The molecular weight excluding hydrogens is 434 g/mol. The van der Waals surface area contributed by atoms with E-state index in [0.717, 1.165) is 24.2 Å². The molecule has 3 saturated carbocycles. The summed E-state index contributed by atoms with van der Waals surface area (Å²) in [6.45, 7) is 12.4. The number of nitrogens with two attached hydrogens (primary N) is 1. The number of hydrogen-bond donors (Lipinski definition) is 2. The number of carbonyl (C=O) groups excluding carboxylic acids is 2. The summed E-state index contributed by atoms with van der Waals surface area (Å²) in [6, 6.07) is 7.44. The molecule has 0 aromatic heterocycles. The van der Waals surface area contributed by atoms with Crippen LogP contribution < -0.4 is 5.73 Å². The lowest BCUT2D eigenvalue weighted by atomic mass is 9.49. The van der Waals surface area contributed by atoms with E-state index in [-0.39, 0.29) is 40.7 Å². The van der Waals surface area contributed by atoms with E-state index >= 15 is 0 Å². The van der Waals surface area contributed by atoms with Crippen LogP contribution in [0.1, 0.15) is 53.4 Å². The SMILES string of the molecule is C=CC1(C)C(OC(=O)CSc2ccccc2N)C2(C)C(C)CC[C@]3(CCC(=O)C23)C(C)[C@@H]1O. The van der Waals surface area contributed by atoms with Gasteiger partial charge >= 0.3 is 5.97 Å². The predicted octanol–water partition coefficient (Wildman–Crippen LogP) is 4.88. The average molecular weight is 472 g/mol. The minimum atomic E-state index is -0.865. The van der Waals surface area contributed by atoms with Crippen molar-refractivity contribution in [3.63, 3.8) is 0 Å². The van der Waals surface area contributed by atoms with Crippen molar-refractivity contribution in [2.75, 3.05) is 11.5 Å². The monoisotopic (exact) mass is 471 g/mol. The molecule has 8 atom stereocenters. The number of ether oxygens (including phenoxy) is 1. The molecule has 4 rings (SSSR count). The quantitative estimate of drug-likeness (QED) is 0.275. The Balaban J connectivity index is 1.72. The van der Waals surface area contributed by atoms with Gasteiger partial charge in [0, 0.05) is 33.8 Å². The number of thioether (sulfide) groups is 1. The number of hydrogen-bond acceptors (Lipinski definition) is 6. The number of benzene rings is 1. The number of nitrogen functional groups attached to an aromatic ring is 1. The van der Waals surface area contributed by atoms with E-state index in [1.54, 1.807) is 6.08 Å². The van der Waals surface area contributed by atoms with Gasteiger partial charge in [-0.3, -0.25) is 9.59 Å². The first-order valence-corrected chi connectivity index (χ1v) is 13.0. The van der Waals surface area contributed by atoms with Crippen molar-refractivity contribution in [3.05, 3.63) is 36.9 Å². The van der Waals surface area contributed by atoms with Crippen LogP contribution in [0.4, 0.5) is 5.69 Å². The molecule has 0 amide bonds. The number of rotatable bonds is 5. The van der Waals surface area contributed by atoms with Crippen LogP contribution in [0.5, 0.6) is 0 Å². The summed E-state index contributed by atoms with van der Waals surface area (Å²) in [6.07, 6.45) is 3.57. The van der Waals surface area contributed by atoms with Crippen LogP contribution in [0, 0.1) is 34.0 Å². The van der Waals surface area contributed by atoms with Gasteiger partial charge in [-0.25, -0.2) is 0 Å². The maximum absolute atomic E-state index is 13.4. The zero-order valence-corrected chi connectivity index (χ0v) is 21.0. The fourth-order valence-electron chi connectivity index (χ4n) is 7.48. The van der Waals surface area contributed by atoms with E-state index < -0.39 is 23.0 Å². The topological polar surface area (TPSA) is 89.6 Å². The largest absolute Gasteiger partial charge is 0.460 e. The number of esters is 1. The van der Waals surface area contributed by atoms with Crippen molar-refractivity contribution in [1.29, 1.82) is 0 Å². The molecule has 1 aromatic rings. The lowest BCUT2D eigenvalue weighted by molar-refractivity contribution is -0.185. The molecule has 0 spiro atoms. The molecule has 3 N–H and O–H groups in total. The second-order valence-corrected chi connectivity index (χ2v) is 12.0. The van der Waals surface area contributed by atoms with Crippen LogP contribution in [-0.4, -0.2) is 34.8 Å². The smallest absolute Gasteiger partial charge is 0.316 e. The van der Waals surface area contributed by atoms with Crippen LogP contribution in [0.2, 0.25) is 0 Å². The van der Waals surface area contributed by atoms with Crippen molar-refractivity contribution in [2.45, 2.75) is 70.5 Å². The molecule has 0 radical (unpaired) electrons. The minimum Gasteiger partial charge on any atom is -0.460 e. The highest BCUT2D eigenvalue weighted by Crippen LogP contribution is 2.70. The first kappa shape index (κ1) is 24.3. The fraction of sp³-hybridized carbons (Fsp3) is 0.630. The van der Waals surface area contributed by atoms with Gasteiger partial charge in [-0.15, -0.1) is 18.3 Å². The first-order chi connectivity index (χ1) is 15.5. The number of anilines is 1. The zero-order chi connectivity index (χ0) is 24.2. The van der Waals surface area contributed by atoms with Gasteiger partial charge in [-0.05, 0) is 48.6 Å². The van der Waals surface area contributed by atoms with Crippen LogP contribution in [-0.2, 0) is 14.3 Å². The van der Waals surface area contributed by atoms with E-state index in [4.69, 9.17) is 10.5 Å². The van der Waals surface area contributed by atoms with Gasteiger partial charge in [0.25, 0.3) is 0 Å². The Morgan fingerprint density at radius 3 is 2.67 bits per heavy atom. The van der Waals surface area contributed by atoms with E-state index in [0.29, 0.717) is 12.1 Å². The molecule has 0 saturated heterocycles. The number of Topliss-reactive ketones (excluding diaryl/α,β-unsaturated/α-hetero) is 1. The van der Waals surface area contributed by atoms with Crippen molar-refractivity contribution in [3.8, 4) is 0 Å². The summed E-state index contributed by atoms with van der Waals surface area (Å²) in [5.41, 5.74) is 4.96. The summed E-state index contributed by atoms with van der Waals surface area (Å²) < 4.78 is 6.29. The van der Waals surface area contributed by atoms with E-state index in [2.05, 4.69) is 27.4 Å². The van der Waals surface area contributed by atoms with Gasteiger partial charge in [-0.2, -0.15) is 0 Å². The zero-order valence-electron chi connectivity index (χ0n) is 20.2. The maximum atomic E-state index is 13.4. The molecule has 0 aliphatic heterocycles. The number of aliphatic hydroxyl groups excluding tert-OH is 1. The van der Waals surface area contributed by atoms with Crippen molar-refractivity contribution >= 4 is 29.2 Å². The summed E-state index contributed by atoms with van der Waals surface area (Å²) >= 11 is 1.34.